The molecule has 6 nitrogen and oxygen atoms in total. The average molecular weight is 733 g/mol. The third-order valence-electron chi connectivity index (χ3n) is 5.04. The Kier molecular flexibility index (Phi) is 22.1. The predicted molar refractivity (Wildman–Crippen MR) is 159 cm³/mol. The van der Waals surface area contributed by atoms with Crippen LogP contribution >= 0.6 is 0 Å². The van der Waals surface area contributed by atoms with Crippen molar-refractivity contribution in [2.45, 2.75) is 26.9 Å². The summed E-state index contributed by atoms with van der Waals surface area (Å²) in [7, 11) is -7.70. The van der Waals surface area contributed by atoms with Crippen molar-refractivity contribution < 1.29 is 54.9 Å². The molecule has 4 rings (SSSR count). The second-order valence-electron chi connectivity index (χ2n) is 8.90. The van der Waals surface area contributed by atoms with Crippen molar-refractivity contribution in [2.75, 3.05) is 27.2 Å². The third-order valence-corrected chi connectivity index (χ3v) is 5.04. The van der Waals surface area contributed by atoms with Gasteiger partial charge in [0.15, 0.2) is 0 Å². The van der Waals surface area contributed by atoms with Crippen molar-refractivity contribution >= 4 is 36.3 Å². The molecule has 0 unspecified atom stereocenters. The van der Waals surface area contributed by atoms with Crippen molar-refractivity contribution in [3.63, 3.8) is 0 Å². The van der Waals surface area contributed by atoms with Crippen LogP contribution in [0, 0.1) is 22.7 Å². The van der Waals surface area contributed by atoms with Crippen LogP contribution < -0.4 is 0 Å². The number of nitrogens with zero attached hydrogens (tertiary/aromatic N) is 6. The molecule has 0 amide bonds. The molecule has 4 aromatic rings. The molecule has 246 valence electrons. The molecule has 0 fully saturated rings. The number of fused-ring (bicyclic) bond motifs is 2. The SMILES string of the molecule is CC#N.CC#N.CN(CCN(C)Cc1ccc2ccccc2n1)Cc1ccc2ccccc2n1.F[B-](F)(F)F.F[B-](F)(F)F.[Pd+2]. The summed E-state index contributed by atoms with van der Waals surface area (Å²) in [5, 5.41) is 17.0. The first-order valence-corrected chi connectivity index (χ1v) is 12.9. The quantitative estimate of drug-likeness (QED) is 0.142. The van der Waals surface area contributed by atoms with Crippen LogP contribution in [-0.4, -0.2) is 61.5 Å². The van der Waals surface area contributed by atoms with Crippen LogP contribution in [0.15, 0.2) is 72.8 Å². The number of benzene rings is 2. The van der Waals surface area contributed by atoms with Crippen LogP contribution in [0.2, 0.25) is 0 Å². The Morgan fingerprint density at radius 2 is 0.844 bits per heavy atom. The molecule has 2 aromatic carbocycles. The molecule has 2 heterocycles. The standard InChI is InChI=1S/C24H26N4.2C2H3N.2BF4.Pd/c1-27(17-21-13-11-19-7-3-5-9-23(19)25-21)15-16-28(2)18-22-14-12-20-8-4-6-10-24(20)26-22;2*1-2-3;2*2-1(3,4)5;/h3-14H,15-18H2,1-2H3;2*1H3;;;/q;;;2*-1;+2. The molecule has 0 radical (unpaired) electrons. The normalized spacial score (nSPS) is 10.3. The Morgan fingerprint density at radius 3 is 1.13 bits per heavy atom. The van der Waals surface area contributed by atoms with E-state index >= 15 is 0 Å². The zero-order valence-corrected chi connectivity index (χ0v) is 26.5. The number of hydrogen-bond donors (Lipinski definition) is 0. The molecule has 0 bridgehead atoms. The molecule has 0 aliphatic heterocycles. The molecule has 0 atom stereocenters. The van der Waals surface area contributed by atoms with E-state index in [1.54, 1.807) is 12.1 Å². The molecule has 0 spiro atoms. The van der Waals surface area contributed by atoms with E-state index in [9.17, 15) is 34.5 Å². The minimum atomic E-state index is -6.00. The molecule has 45 heavy (non-hydrogen) atoms. The molecule has 0 N–H and O–H groups in total. The van der Waals surface area contributed by atoms with Crippen molar-refractivity contribution in [1.29, 1.82) is 10.5 Å². The predicted octanol–water partition coefficient (Wildman–Crippen LogP) is 8.00. The topological polar surface area (TPSA) is 79.8 Å². The summed E-state index contributed by atoms with van der Waals surface area (Å²) in [6.45, 7) is 6.54. The summed E-state index contributed by atoms with van der Waals surface area (Å²) >= 11 is 0. The molecule has 0 saturated heterocycles. The minimum absolute atomic E-state index is 0. The molecule has 0 saturated carbocycles. The number of pyridine rings is 2. The number of rotatable bonds is 7. The molecular formula is C28H32B2F8N6Pd. The number of aromatic nitrogens is 2. The van der Waals surface area contributed by atoms with E-state index in [2.05, 4.69) is 84.6 Å². The van der Waals surface area contributed by atoms with Gasteiger partial charge in [-0.05, 0) is 38.4 Å². The van der Waals surface area contributed by atoms with Gasteiger partial charge in [-0.25, -0.2) is 0 Å². The van der Waals surface area contributed by atoms with Gasteiger partial charge >= 0.3 is 34.9 Å². The van der Waals surface area contributed by atoms with Crippen LogP contribution in [0.3, 0.4) is 0 Å². The van der Waals surface area contributed by atoms with Crippen molar-refractivity contribution in [2.24, 2.45) is 0 Å². The fourth-order valence-electron chi connectivity index (χ4n) is 3.45. The maximum absolute atomic E-state index is 9.75. The van der Waals surface area contributed by atoms with E-state index in [1.165, 1.54) is 24.6 Å². The van der Waals surface area contributed by atoms with Crippen LogP contribution in [0.4, 0.5) is 34.5 Å². The van der Waals surface area contributed by atoms with Gasteiger partial charge in [-0.2, -0.15) is 10.5 Å². The molecular weight excluding hydrogens is 700 g/mol. The van der Waals surface area contributed by atoms with Gasteiger partial charge in [0.2, 0.25) is 0 Å². The van der Waals surface area contributed by atoms with E-state index in [0.717, 1.165) is 48.6 Å². The zero-order valence-electron chi connectivity index (χ0n) is 24.9. The minimum Gasteiger partial charge on any atom is -0.418 e. The summed E-state index contributed by atoms with van der Waals surface area (Å²) in [6, 6.07) is 28.6. The van der Waals surface area contributed by atoms with Crippen LogP contribution in [-0.2, 0) is 33.5 Å². The van der Waals surface area contributed by atoms with Gasteiger partial charge in [0.05, 0.1) is 34.6 Å². The number of halogens is 8. The fourth-order valence-corrected chi connectivity index (χ4v) is 3.45. The van der Waals surface area contributed by atoms with Crippen LogP contribution in [0.25, 0.3) is 21.8 Å². The van der Waals surface area contributed by atoms with E-state index in [-0.39, 0.29) is 20.4 Å². The van der Waals surface area contributed by atoms with Gasteiger partial charge in [0, 0.05) is 50.8 Å². The van der Waals surface area contributed by atoms with E-state index in [0.29, 0.717) is 0 Å². The molecule has 17 heteroatoms. The first-order chi connectivity index (χ1) is 20.5. The Morgan fingerprint density at radius 1 is 0.578 bits per heavy atom. The van der Waals surface area contributed by atoms with Gasteiger partial charge in [-0.1, -0.05) is 48.5 Å². The first-order valence-electron chi connectivity index (χ1n) is 12.9. The maximum Gasteiger partial charge on any atom is 2.00 e. The number of likely N-dealkylation sites (N-methyl/N-ethyl adjacent to an activating group) is 2. The Bertz CT molecular complexity index is 1360. The third kappa shape index (κ3) is 24.4. The molecule has 0 aliphatic carbocycles. The maximum atomic E-state index is 9.75. The largest absolute Gasteiger partial charge is 2.00 e. The molecule has 0 aliphatic rings. The summed E-state index contributed by atoms with van der Waals surface area (Å²) in [5.74, 6) is 0. The summed E-state index contributed by atoms with van der Waals surface area (Å²) in [5.41, 5.74) is 4.35. The van der Waals surface area contributed by atoms with Gasteiger partial charge in [0.1, 0.15) is 0 Å². The van der Waals surface area contributed by atoms with E-state index in [1.807, 2.05) is 12.1 Å². The van der Waals surface area contributed by atoms with Crippen molar-refractivity contribution in [1.82, 2.24) is 19.8 Å². The van der Waals surface area contributed by atoms with Gasteiger partial charge in [-0.15, -0.1) is 0 Å². The summed E-state index contributed by atoms with van der Waals surface area (Å²) in [6.07, 6.45) is 0. The smallest absolute Gasteiger partial charge is 0.418 e. The number of para-hydroxylation sites is 2. The van der Waals surface area contributed by atoms with Gasteiger partial charge < -0.3 is 34.5 Å². The Hall–Kier alpha value is -3.61. The summed E-state index contributed by atoms with van der Waals surface area (Å²) < 4.78 is 78.0. The van der Waals surface area contributed by atoms with Crippen LogP contribution in [0.1, 0.15) is 25.2 Å². The van der Waals surface area contributed by atoms with Crippen molar-refractivity contribution in [3.8, 4) is 12.1 Å². The molecule has 2 aromatic heterocycles. The second kappa shape index (κ2) is 22.8. The number of hydrogen-bond acceptors (Lipinski definition) is 6. The Balaban J connectivity index is 0. The Labute approximate surface area is 271 Å². The fraction of sp³-hybridized carbons (Fsp3) is 0.286. The van der Waals surface area contributed by atoms with Crippen LogP contribution in [0.5, 0.6) is 0 Å². The van der Waals surface area contributed by atoms with Crippen molar-refractivity contribution in [3.05, 3.63) is 84.2 Å². The number of nitriles is 2. The van der Waals surface area contributed by atoms with Gasteiger partial charge in [-0.3, -0.25) is 19.8 Å². The average Bonchev–Trinajstić information content (AvgIpc) is 2.91. The first kappa shape index (κ1) is 43.5. The monoisotopic (exact) mass is 732 g/mol. The van der Waals surface area contributed by atoms with Gasteiger partial charge in [0.25, 0.3) is 0 Å². The second-order valence-corrected chi connectivity index (χ2v) is 8.90. The zero-order chi connectivity index (χ0) is 33.8. The van der Waals surface area contributed by atoms with E-state index in [4.69, 9.17) is 20.5 Å². The summed E-state index contributed by atoms with van der Waals surface area (Å²) in [4.78, 5) is 14.2. The van der Waals surface area contributed by atoms with E-state index < -0.39 is 14.5 Å².